The van der Waals surface area contributed by atoms with E-state index in [9.17, 15) is 13.2 Å². The van der Waals surface area contributed by atoms with Crippen molar-refractivity contribution >= 4 is 33.2 Å². The molecule has 0 bridgehead atoms. The molecule has 0 atom stereocenters. The van der Waals surface area contributed by atoms with Crippen molar-refractivity contribution < 1.29 is 13.2 Å². The van der Waals surface area contributed by atoms with Gasteiger partial charge < -0.3 is 5.32 Å². The van der Waals surface area contributed by atoms with Gasteiger partial charge in [-0.05, 0) is 49.9 Å². The van der Waals surface area contributed by atoms with E-state index < -0.39 is 15.1 Å². The second kappa shape index (κ2) is 7.85. The normalized spacial score (nSPS) is 11.5. The van der Waals surface area contributed by atoms with Gasteiger partial charge >= 0.3 is 0 Å². The van der Waals surface area contributed by atoms with Crippen LogP contribution in [0.4, 0.5) is 5.69 Å². The van der Waals surface area contributed by atoms with E-state index in [1.54, 1.807) is 49.9 Å². The highest BCUT2D eigenvalue weighted by Crippen LogP contribution is 2.24. The van der Waals surface area contributed by atoms with E-state index >= 15 is 0 Å². The molecule has 0 fully saturated rings. The van der Waals surface area contributed by atoms with Gasteiger partial charge in [0, 0.05) is 4.90 Å². The Balaban J connectivity index is 2.07. The van der Waals surface area contributed by atoms with Crippen LogP contribution >= 0.6 is 11.8 Å². The Morgan fingerprint density at radius 1 is 1.08 bits per heavy atom. The molecular formula is C18H21NO3S2. The third kappa shape index (κ3) is 4.39. The minimum atomic E-state index is -3.28. The van der Waals surface area contributed by atoms with Crippen LogP contribution in [0.15, 0.2) is 58.3 Å². The molecule has 0 aliphatic rings. The van der Waals surface area contributed by atoms with Gasteiger partial charge in [0.1, 0.15) is 0 Å². The van der Waals surface area contributed by atoms with Gasteiger partial charge in [-0.15, -0.1) is 11.8 Å². The van der Waals surface area contributed by atoms with E-state index in [0.29, 0.717) is 0 Å². The maximum absolute atomic E-state index is 12.2. The number of benzene rings is 2. The number of amides is 1. The van der Waals surface area contributed by atoms with Gasteiger partial charge in [-0.3, -0.25) is 4.79 Å². The molecule has 0 radical (unpaired) electrons. The van der Waals surface area contributed by atoms with Crippen LogP contribution in [0.5, 0.6) is 0 Å². The predicted molar refractivity (Wildman–Crippen MR) is 99.3 cm³/mol. The summed E-state index contributed by atoms with van der Waals surface area (Å²) in [5, 5.41) is 2.43. The molecule has 2 rings (SSSR count). The molecular weight excluding hydrogens is 342 g/mol. The molecule has 0 saturated heterocycles. The van der Waals surface area contributed by atoms with Crippen molar-refractivity contribution in [3.8, 4) is 0 Å². The zero-order valence-corrected chi connectivity index (χ0v) is 15.6. The summed E-state index contributed by atoms with van der Waals surface area (Å²) in [5.74, 6) is -0.129. The lowest BCUT2D eigenvalue weighted by Gasteiger charge is -2.10. The zero-order valence-electron chi connectivity index (χ0n) is 13.9. The molecule has 0 aromatic heterocycles. The third-order valence-electron chi connectivity index (χ3n) is 3.62. The molecule has 0 heterocycles. The number of hydrogen-bond acceptors (Lipinski definition) is 4. The van der Waals surface area contributed by atoms with Crippen LogP contribution in [0.2, 0.25) is 0 Å². The summed E-state index contributed by atoms with van der Waals surface area (Å²) in [6, 6.07) is 14.1. The molecule has 1 N–H and O–H groups in total. The SMILES string of the molecule is CSc1ccccc1NC(=O)Cc1ccc(S(=O)(=O)C(C)C)cc1. The van der Waals surface area contributed by atoms with Gasteiger partial charge in [0.05, 0.1) is 22.3 Å². The lowest BCUT2D eigenvalue weighted by atomic mass is 10.1. The number of hydrogen-bond donors (Lipinski definition) is 1. The fraction of sp³-hybridized carbons (Fsp3) is 0.278. The minimum Gasteiger partial charge on any atom is -0.325 e. The first-order valence-electron chi connectivity index (χ1n) is 7.60. The largest absolute Gasteiger partial charge is 0.325 e. The first kappa shape index (κ1) is 18.5. The van der Waals surface area contributed by atoms with E-state index in [2.05, 4.69) is 5.32 Å². The van der Waals surface area contributed by atoms with Gasteiger partial charge in [0.25, 0.3) is 0 Å². The molecule has 24 heavy (non-hydrogen) atoms. The number of sulfone groups is 1. The van der Waals surface area contributed by atoms with Crippen LogP contribution in [-0.2, 0) is 21.1 Å². The second-order valence-electron chi connectivity index (χ2n) is 5.66. The maximum Gasteiger partial charge on any atom is 0.228 e. The number of anilines is 1. The fourth-order valence-electron chi connectivity index (χ4n) is 2.20. The zero-order chi connectivity index (χ0) is 17.7. The molecule has 0 aliphatic carbocycles. The highest BCUT2D eigenvalue weighted by Gasteiger charge is 2.18. The number of nitrogens with one attached hydrogen (secondary N) is 1. The highest BCUT2D eigenvalue weighted by molar-refractivity contribution is 7.98. The minimum absolute atomic E-state index is 0.129. The van der Waals surface area contributed by atoms with E-state index in [-0.39, 0.29) is 17.2 Å². The number of rotatable bonds is 6. The van der Waals surface area contributed by atoms with Gasteiger partial charge in [-0.1, -0.05) is 24.3 Å². The molecule has 0 aliphatic heterocycles. The molecule has 4 nitrogen and oxygen atoms in total. The van der Waals surface area contributed by atoms with E-state index in [1.165, 1.54) is 0 Å². The van der Waals surface area contributed by atoms with Gasteiger partial charge in [0.15, 0.2) is 9.84 Å². The Morgan fingerprint density at radius 2 is 1.71 bits per heavy atom. The number of carbonyl (C=O) groups excluding carboxylic acids is 1. The van der Waals surface area contributed by atoms with Crippen molar-refractivity contribution in [2.45, 2.75) is 35.3 Å². The smallest absolute Gasteiger partial charge is 0.228 e. The number of thioether (sulfide) groups is 1. The van der Waals surface area contributed by atoms with E-state index in [1.807, 2.05) is 30.5 Å². The van der Waals surface area contributed by atoms with Crippen LogP contribution < -0.4 is 5.32 Å². The number of carbonyl (C=O) groups is 1. The summed E-state index contributed by atoms with van der Waals surface area (Å²) >= 11 is 1.57. The Kier molecular flexibility index (Phi) is 6.07. The fourth-order valence-corrected chi connectivity index (χ4v) is 3.81. The van der Waals surface area contributed by atoms with Crippen molar-refractivity contribution in [3.05, 3.63) is 54.1 Å². The summed E-state index contributed by atoms with van der Waals surface area (Å²) in [4.78, 5) is 13.5. The van der Waals surface area contributed by atoms with Crippen LogP contribution in [-0.4, -0.2) is 25.8 Å². The van der Waals surface area contributed by atoms with Crippen molar-refractivity contribution in [1.82, 2.24) is 0 Å². The molecule has 0 unspecified atom stereocenters. The van der Waals surface area contributed by atoms with Crippen LogP contribution in [0, 0.1) is 0 Å². The Bertz CT molecular complexity index is 812. The van der Waals surface area contributed by atoms with Crippen molar-refractivity contribution in [3.63, 3.8) is 0 Å². The molecule has 1 amide bonds. The number of para-hydroxylation sites is 1. The second-order valence-corrected chi connectivity index (χ2v) is 9.02. The summed E-state index contributed by atoms with van der Waals surface area (Å²) < 4.78 is 24.2. The maximum atomic E-state index is 12.2. The molecule has 2 aromatic carbocycles. The van der Waals surface area contributed by atoms with Gasteiger partial charge in [0.2, 0.25) is 5.91 Å². The first-order chi connectivity index (χ1) is 11.3. The standard InChI is InChI=1S/C18H21NO3S2/c1-13(2)24(21,22)15-10-8-14(9-11-15)12-18(20)19-16-6-4-5-7-17(16)23-3/h4-11,13H,12H2,1-3H3,(H,19,20). The average molecular weight is 364 g/mol. The summed E-state index contributed by atoms with van der Waals surface area (Å²) in [6.07, 6.45) is 2.16. The lowest BCUT2D eigenvalue weighted by molar-refractivity contribution is -0.115. The van der Waals surface area contributed by atoms with Crippen molar-refractivity contribution in [1.29, 1.82) is 0 Å². The molecule has 2 aromatic rings. The topological polar surface area (TPSA) is 63.2 Å². The van der Waals surface area contributed by atoms with Crippen molar-refractivity contribution in [2.24, 2.45) is 0 Å². The Labute approximate surface area is 147 Å². The van der Waals surface area contributed by atoms with E-state index in [4.69, 9.17) is 0 Å². The van der Waals surface area contributed by atoms with Gasteiger partial charge in [-0.25, -0.2) is 8.42 Å². The summed E-state index contributed by atoms with van der Waals surface area (Å²) in [7, 11) is -3.28. The highest BCUT2D eigenvalue weighted by atomic mass is 32.2. The monoisotopic (exact) mass is 363 g/mol. The quantitative estimate of drug-likeness (QED) is 0.794. The summed E-state index contributed by atoms with van der Waals surface area (Å²) in [6.45, 7) is 3.31. The average Bonchev–Trinajstić information content (AvgIpc) is 2.55. The third-order valence-corrected chi connectivity index (χ3v) is 6.58. The molecule has 128 valence electrons. The summed E-state index contributed by atoms with van der Waals surface area (Å²) in [5.41, 5.74) is 1.56. The molecule has 6 heteroatoms. The Morgan fingerprint density at radius 3 is 2.29 bits per heavy atom. The first-order valence-corrected chi connectivity index (χ1v) is 10.4. The van der Waals surface area contributed by atoms with E-state index in [0.717, 1.165) is 16.1 Å². The lowest BCUT2D eigenvalue weighted by Crippen LogP contribution is -2.16. The molecule has 0 saturated carbocycles. The molecule has 0 spiro atoms. The van der Waals surface area contributed by atoms with Gasteiger partial charge in [-0.2, -0.15) is 0 Å². The van der Waals surface area contributed by atoms with Crippen LogP contribution in [0.3, 0.4) is 0 Å². The predicted octanol–water partition coefficient (Wildman–Crippen LogP) is 3.77. The Hall–Kier alpha value is -1.79. The van der Waals surface area contributed by atoms with Crippen molar-refractivity contribution in [2.75, 3.05) is 11.6 Å². The van der Waals surface area contributed by atoms with Crippen LogP contribution in [0.1, 0.15) is 19.4 Å². The van der Waals surface area contributed by atoms with Crippen LogP contribution in [0.25, 0.3) is 0 Å².